The molecule has 0 spiro atoms. The normalized spacial score (nSPS) is 18.6. The number of nitrogen functional groups attached to an aromatic ring is 1. The zero-order valence-corrected chi connectivity index (χ0v) is 11.0. The molecule has 0 aromatic carbocycles. The second-order valence-electron chi connectivity index (χ2n) is 4.42. The zero-order chi connectivity index (χ0) is 11.5. The van der Waals surface area contributed by atoms with Gasteiger partial charge in [-0.05, 0) is 41.6 Å². The van der Waals surface area contributed by atoms with E-state index in [0.717, 1.165) is 10.5 Å². The second kappa shape index (κ2) is 4.99. The SMILES string of the molecule is CC(Nc1nc(N)cc(Br)n1)C1CCCC1. The van der Waals surface area contributed by atoms with Crippen LogP contribution in [0.5, 0.6) is 0 Å². The first-order valence-corrected chi connectivity index (χ1v) is 6.51. The van der Waals surface area contributed by atoms with Crippen LogP contribution in [0.4, 0.5) is 11.8 Å². The highest BCUT2D eigenvalue weighted by Crippen LogP contribution is 2.28. The fourth-order valence-corrected chi connectivity index (χ4v) is 2.68. The Kier molecular flexibility index (Phi) is 3.63. The Bertz CT molecular complexity index is 343. The quantitative estimate of drug-likeness (QED) is 0.838. The van der Waals surface area contributed by atoms with Crippen molar-refractivity contribution in [3.8, 4) is 0 Å². The van der Waals surface area contributed by atoms with Gasteiger partial charge in [0.2, 0.25) is 5.95 Å². The second-order valence-corrected chi connectivity index (χ2v) is 5.23. The summed E-state index contributed by atoms with van der Waals surface area (Å²) in [6.07, 6.45) is 5.30. The fraction of sp³-hybridized carbons (Fsp3) is 0.636. The lowest BCUT2D eigenvalue weighted by Crippen LogP contribution is -2.25. The van der Waals surface area contributed by atoms with E-state index in [-0.39, 0.29) is 0 Å². The summed E-state index contributed by atoms with van der Waals surface area (Å²) in [4.78, 5) is 8.43. The molecule has 1 fully saturated rings. The summed E-state index contributed by atoms with van der Waals surface area (Å²) in [5.41, 5.74) is 5.67. The third kappa shape index (κ3) is 2.84. The van der Waals surface area contributed by atoms with Crippen LogP contribution < -0.4 is 11.1 Å². The van der Waals surface area contributed by atoms with E-state index in [1.54, 1.807) is 6.07 Å². The van der Waals surface area contributed by atoms with E-state index in [1.807, 2.05) is 0 Å². The highest BCUT2D eigenvalue weighted by Gasteiger charge is 2.21. The number of nitrogens with two attached hydrogens (primary N) is 1. The summed E-state index contributed by atoms with van der Waals surface area (Å²) in [5.74, 6) is 1.85. The first-order valence-electron chi connectivity index (χ1n) is 5.72. The van der Waals surface area contributed by atoms with Gasteiger partial charge in [-0.1, -0.05) is 12.8 Å². The average molecular weight is 285 g/mol. The van der Waals surface area contributed by atoms with E-state index < -0.39 is 0 Å². The Morgan fingerprint density at radius 2 is 2.12 bits per heavy atom. The van der Waals surface area contributed by atoms with Gasteiger partial charge >= 0.3 is 0 Å². The molecule has 3 N–H and O–H groups in total. The molecule has 1 unspecified atom stereocenters. The highest BCUT2D eigenvalue weighted by atomic mass is 79.9. The Morgan fingerprint density at radius 1 is 1.44 bits per heavy atom. The van der Waals surface area contributed by atoms with Crippen LogP contribution in [0.15, 0.2) is 10.7 Å². The molecule has 1 saturated carbocycles. The highest BCUT2D eigenvalue weighted by molar-refractivity contribution is 9.10. The molecule has 88 valence electrons. The maximum Gasteiger partial charge on any atom is 0.225 e. The van der Waals surface area contributed by atoms with Gasteiger partial charge in [-0.25, -0.2) is 4.98 Å². The Morgan fingerprint density at radius 3 is 2.75 bits per heavy atom. The summed E-state index contributed by atoms with van der Waals surface area (Å²) < 4.78 is 0.723. The van der Waals surface area contributed by atoms with E-state index in [0.29, 0.717) is 17.8 Å². The molecule has 0 saturated heterocycles. The maximum absolute atomic E-state index is 5.67. The molecule has 16 heavy (non-hydrogen) atoms. The van der Waals surface area contributed by atoms with E-state index in [9.17, 15) is 0 Å². The van der Waals surface area contributed by atoms with Gasteiger partial charge in [0.15, 0.2) is 0 Å². The number of nitrogens with zero attached hydrogens (tertiary/aromatic N) is 2. The van der Waals surface area contributed by atoms with Gasteiger partial charge < -0.3 is 11.1 Å². The van der Waals surface area contributed by atoms with Crippen LogP contribution >= 0.6 is 15.9 Å². The van der Waals surface area contributed by atoms with Crippen molar-refractivity contribution in [3.63, 3.8) is 0 Å². The summed E-state index contributed by atoms with van der Waals surface area (Å²) in [6.45, 7) is 2.19. The van der Waals surface area contributed by atoms with Crippen molar-refractivity contribution >= 4 is 27.7 Å². The molecule has 1 heterocycles. The summed E-state index contributed by atoms with van der Waals surface area (Å²) in [5, 5.41) is 3.33. The van der Waals surface area contributed by atoms with Crippen molar-refractivity contribution in [1.29, 1.82) is 0 Å². The van der Waals surface area contributed by atoms with Gasteiger partial charge in [-0.15, -0.1) is 0 Å². The topological polar surface area (TPSA) is 63.8 Å². The summed E-state index contributed by atoms with van der Waals surface area (Å²) in [7, 11) is 0. The van der Waals surface area contributed by atoms with E-state index in [4.69, 9.17) is 5.73 Å². The van der Waals surface area contributed by atoms with Gasteiger partial charge in [-0.3, -0.25) is 0 Å². The minimum atomic E-state index is 0.413. The number of halogens is 1. The molecule has 4 nitrogen and oxygen atoms in total. The third-order valence-corrected chi connectivity index (χ3v) is 3.58. The predicted molar refractivity (Wildman–Crippen MR) is 69.2 cm³/mol. The molecule has 1 aliphatic carbocycles. The summed E-state index contributed by atoms with van der Waals surface area (Å²) in [6, 6.07) is 2.11. The standard InChI is InChI=1S/C11H17BrN4/c1-7(8-4-2-3-5-8)14-11-15-9(12)6-10(13)16-11/h6-8H,2-5H2,1H3,(H3,13,14,15,16). The molecule has 0 radical (unpaired) electrons. The van der Waals surface area contributed by atoms with Crippen molar-refractivity contribution in [2.45, 2.75) is 38.6 Å². The number of rotatable bonds is 3. The van der Waals surface area contributed by atoms with Crippen molar-refractivity contribution in [3.05, 3.63) is 10.7 Å². The van der Waals surface area contributed by atoms with Gasteiger partial charge in [-0.2, -0.15) is 4.98 Å². The van der Waals surface area contributed by atoms with Crippen LogP contribution in [0.2, 0.25) is 0 Å². The van der Waals surface area contributed by atoms with Crippen molar-refractivity contribution in [2.24, 2.45) is 5.92 Å². The number of anilines is 2. The largest absolute Gasteiger partial charge is 0.383 e. The van der Waals surface area contributed by atoms with Crippen LogP contribution in [0.1, 0.15) is 32.6 Å². The van der Waals surface area contributed by atoms with Crippen LogP contribution in [-0.2, 0) is 0 Å². The molecular formula is C11H17BrN4. The van der Waals surface area contributed by atoms with Crippen molar-refractivity contribution in [2.75, 3.05) is 11.1 Å². The molecule has 1 aromatic heterocycles. The number of hydrogen-bond acceptors (Lipinski definition) is 4. The van der Waals surface area contributed by atoms with Gasteiger partial charge in [0.05, 0.1) is 0 Å². The Hall–Kier alpha value is -0.840. The average Bonchev–Trinajstić information content (AvgIpc) is 2.68. The van der Waals surface area contributed by atoms with Crippen LogP contribution in [0.25, 0.3) is 0 Å². The predicted octanol–water partition coefficient (Wildman–Crippen LogP) is 2.81. The molecule has 1 atom stereocenters. The minimum Gasteiger partial charge on any atom is -0.383 e. The summed E-state index contributed by atoms with van der Waals surface area (Å²) >= 11 is 3.32. The lowest BCUT2D eigenvalue weighted by atomic mass is 10.0. The molecular weight excluding hydrogens is 268 g/mol. The molecule has 0 bridgehead atoms. The lowest BCUT2D eigenvalue weighted by molar-refractivity contribution is 0.480. The van der Waals surface area contributed by atoms with Crippen molar-refractivity contribution in [1.82, 2.24) is 9.97 Å². The van der Waals surface area contributed by atoms with E-state index >= 15 is 0 Å². The van der Waals surface area contributed by atoms with Gasteiger partial charge in [0, 0.05) is 12.1 Å². The van der Waals surface area contributed by atoms with Crippen LogP contribution in [0, 0.1) is 5.92 Å². The Balaban J connectivity index is 2.02. The van der Waals surface area contributed by atoms with E-state index in [1.165, 1.54) is 25.7 Å². The fourth-order valence-electron chi connectivity index (χ4n) is 2.28. The minimum absolute atomic E-state index is 0.413. The molecule has 0 amide bonds. The molecule has 0 aliphatic heterocycles. The van der Waals surface area contributed by atoms with E-state index in [2.05, 4.69) is 38.1 Å². The number of hydrogen-bond donors (Lipinski definition) is 2. The molecule has 1 aromatic rings. The number of aromatic nitrogens is 2. The zero-order valence-electron chi connectivity index (χ0n) is 9.41. The first kappa shape index (κ1) is 11.6. The van der Waals surface area contributed by atoms with Gasteiger partial charge in [0.25, 0.3) is 0 Å². The molecule has 5 heteroatoms. The van der Waals surface area contributed by atoms with Gasteiger partial charge in [0.1, 0.15) is 10.4 Å². The monoisotopic (exact) mass is 284 g/mol. The first-order chi connectivity index (χ1) is 7.65. The van der Waals surface area contributed by atoms with Crippen LogP contribution in [-0.4, -0.2) is 16.0 Å². The van der Waals surface area contributed by atoms with Crippen LogP contribution in [0.3, 0.4) is 0 Å². The lowest BCUT2D eigenvalue weighted by Gasteiger charge is -2.20. The van der Waals surface area contributed by atoms with Crippen molar-refractivity contribution < 1.29 is 0 Å². The molecule has 1 aliphatic rings. The Labute approximate surface area is 104 Å². The molecule has 2 rings (SSSR count). The number of nitrogens with one attached hydrogen (secondary N) is 1. The third-order valence-electron chi connectivity index (χ3n) is 3.18. The maximum atomic E-state index is 5.67. The smallest absolute Gasteiger partial charge is 0.225 e.